The molecule has 2 rings (SSSR count). The van der Waals surface area contributed by atoms with Crippen molar-refractivity contribution >= 4 is 5.82 Å². The molecule has 0 aliphatic rings. The lowest BCUT2D eigenvalue weighted by molar-refractivity contribution is 0.724. The Labute approximate surface area is 128 Å². The average Bonchev–Trinajstić information content (AvgIpc) is 2.47. The zero-order valence-electron chi connectivity index (χ0n) is 13.5. The molecule has 3 heteroatoms. The number of pyridine rings is 1. The Morgan fingerprint density at radius 2 is 1.76 bits per heavy atom. The Balaban J connectivity index is 2.12. The van der Waals surface area contributed by atoms with Crippen LogP contribution in [-0.2, 0) is 13.1 Å². The molecule has 0 amide bonds. The molecule has 0 atom stereocenters. The van der Waals surface area contributed by atoms with Crippen LogP contribution in [0.3, 0.4) is 0 Å². The van der Waals surface area contributed by atoms with Gasteiger partial charge in [-0.2, -0.15) is 0 Å². The Bertz CT molecular complexity index is 576. The first-order chi connectivity index (χ1) is 10.1. The van der Waals surface area contributed by atoms with Gasteiger partial charge in [-0.15, -0.1) is 0 Å². The summed E-state index contributed by atoms with van der Waals surface area (Å²) >= 11 is 0. The van der Waals surface area contributed by atoms with E-state index in [4.69, 9.17) is 0 Å². The number of nitrogens with one attached hydrogen (secondary N) is 1. The summed E-state index contributed by atoms with van der Waals surface area (Å²) in [5.74, 6) is 1.03. The minimum absolute atomic E-state index is 0.872. The van der Waals surface area contributed by atoms with Crippen molar-refractivity contribution in [2.45, 2.75) is 33.9 Å². The number of hydrogen-bond donors (Lipinski definition) is 1. The number of hydrogen-bond acceptors (Lipinski definition) is 3. The lowest BCUT2D eigenvalue weighted by Gasteiger charge is -2.20. The highest BCUT2D eigenvalue weighted by molar-refractivity contribution is 5.43. The van der Waals surface area contributed by atoms with E-state index in [1.807, 2.05) is 0 Å². The van der Waals surface area contributed by atoms with E-state index in [9.17, 15) is 0 Å². The normalized spacial score (nSPS) is 10.7. The second-order valence-electron chi connectivity index (χ2n) is 5.60. The third-order valence-corrected chi connectivity index (χ3v) is 3.51. The highest BCUT2D eigenvalue weighted by Gasteiger charge is 2.06. The van der Waals surface area contributed by atoms with Crippen LogP contribution in [0.2, 0.25) is 0 Å². The van der Waals surface area contributed by atoms with Gasteiger partial charge in [0.05, 0.1) is 0 Å². The molecule has 0 spiro atoms. The van der Waals surface area contributed by atoms with Gasteiger partial charge in [-0.3, -0.25) is 0 Å². The van der Waals surface area contributed by atoms with Crippen LogP contribution in [0, 0.1) is 13.8 Å². The standard InChI is InChI=1S/C18H25N3/c1-5-19-12-17-10-15(3)20-18(11-17)21(4)13-16-8-6-14(2)7-9-16/h6-11,19H,5,12-13H2,1-4H3. The van der Waals surface area contributed by atoms with Crippen molar-refractivity contribution in [3.8, 4) is 0 Å². The van der Waals surface area contributed by atoms with Gasteiger partial charge in [0.1, 0.15) is 5.82 Å². The van der Waals surface area contributed by atoms with Crippen molar-refractivity contribution in [2.75, 3.05) is 18.5 Å². The van der Waals surface area contributed by atoms with Crippen molar-refractivity contribution in [3.05, 3.63) is 58.8 Å². The fourth-order valence-electron chi connectivity index (χ4n) is 2.34. The lowest BCUT2D eigenvalue weighted by atomic mass is 10.1. The molecule has 1 N–H and O–H groups in total. The smallest absolute Gasteiger partial charge is 0.129 e. The zero-order valence-corrected chi connectivity index (χ0v) is 13.5. The molecule has 0 fully saturated rings. The van der Waals surface area contributed by atoms with Crippen LogP contribution in [-0.4, -0.2) is 18.6 Å². The molecule has 0 saturated heterocycles. The summed E-state index contributed by atoms with van der Waals surface area (Å²) in [4.78, 5) is 6.86. The SMILES string of the molecule is CCNCc1cc(C)nc(N(C)Cc2ccc(C)cc2)c1. The second kappa shape index (κ2) is 7.23. The average molecular weight is 283 g/mol. The molecule has 21 heavy (non-hydrogen) atoms. The molecule has 1 heterocycles. The van der Waals surface area contributed by atoms with Gasteiger partial charge in [0.15, 0.2) is 0 Å². The number of nitrogens with zero attached hydrogens (tertiary/aromatic N) is 2. The molecule has 1 aromatic heterocycles. The monoisotopic (exact) mass is 283 g/mol. The second-order valence-corrected chi connectivity index (χ2v) is 5.60. The molecule has 112 valence electrons. The van der Waals surface area contributed by atoms with Crippen LogP contribution in [0.5, 0.6) is 0 Å². The van der Waals surface area contributed by atoms with E-state index in [0.29, 0.717) is 0 Å². The summed E-state index contributed by atoms with van der Waals surface area (Å²) in [6.45, 7) is 9.04. The predicted octanol–water partition coefficient (Wildman–Crippen LogP) is 3.44. The third-order valence-electron chi connectivity index (χ3n) is 3.51. The third kappa shape index (κ3) is 4.57. The fraction of sp³-hybridized carbons (Fsp3) is 0.389. The van der Waals surface area contributed by atoms with Crippen LogP contribution in [0.15, 0.2) is 36.4 Å². The first kappa shape index (κ1) is 15.5. The van der Waals surface area contributed by atoms with E-state index in [-0.39, 0.29) is 0 Å². The van der Waals surface area contributed by atoms with Crippen molar-refractivity contribution in [1.29, 1.82) is 0 Å². The van der Waals surface area contributed by atoms with Crippen molar-refractivity contribution in [1.82, 2.24) is 10.3 Å². The van der Waals surface area contributed by atoms with Crippen LogP contribution in [0.1, 0.15) is 29.3 Å². The van der Waals surface area contributed by atoms with Crippen molar-refractivity contribution in [2.24, 2.45) is 0 Å². The Hall–Kier alpha value is -1.87. The molecule has 0 bridgehead atoms. The van der Waals surface area contributed by atoms with Crippen LogP contribution in [0.4, 0.5) is 5.82 Å². The van der Waals surface area contributed by atoms with Gasteiger partial charge < -0.3 is 10.2 Å². The van der Waals surface area contributed by atoms with Gasteiger partial charge >= 0.3 is 0 Å². The zero-order chi connectivity index (χ0) is 15.2. The molecular formula is C18H25N3. The van der Waals surface area contributed by atoms with Gasteiger partial charge in [0.25, 0.3) is 0 Å². The minimum atomic E-state index is 0.872. The van der Waals surface area contributed by atoms with Crippen LogP contribution < -0.4 is 10.2 Å². The van der Waals surface area contributed by atoms with E-state index in [1.165, 1.54) is 16.7 Å². The van der Waals surface area contributed by atoms with E-state index in [0.717, 1.165) is 31.1 Å². The largest absolute Gasteiger partial charge is 0.355 e. The van der Waals surface area contributed by atoms with Crippen LogP contribution in [0.25, 0.3) is 0 Å². The van der Waals surface area contributed by atoms with Gasteiger partial charge in [0.2, 0.25) is 0 Å². The molecule has 0 unspecified atom stereocenters. The summed E-state index contributed by atoms with van der Waals surface area (Å²) in [7, 11) is 2.10. The van der Waals surface area contributed by atoms with E-state index in [1.54, 1.807) is 0 Å². The maximum atomic E-state index is 4.65. The number of aromatic nitrogens is 1. The summed E-state index contributed by atoms with van der Waals surface area (Å²) in [6.07, 6.45) is 0. The number of anilines is 1. The van der Waals surface area contributed by atoms with Gasteiger partial charge in [-0.25, -0.2) is 4.98 Å². The molecule has 0 radical (unpaired) electrons. The number of benzene rings is 1. The van der Waals surface area contributed by atoms with E-state index >= 15 is 0 Å². The quantitative estimate of drug-likeness (QED) is 0.880. The number of rotatable bonds is 6. The van der Waals surface area contributed by atoms with Crippen molar-refractivity contribution < 1.29 is 0 Å². The summed E-state index contributed by atoms with van der Waals surface area (Å²) in [5.41, 5.74) is 4.95. The maximum absolute atomic E-state index is 4.65. The van der Waals surface area contributed by atoms with Gasteiger partial charge in [-0.1, -0.05) is 36.8 Å². The van der Waals surface area contributed by atoms with Gasteiger partial charge in [0, 0.05) is 25.8 Å². The molecule has 1 aromatic carbocycles. The Morgan fingerprint density at radius 1 is 1.05 bits per heavy atom. The predicted molar refractivity (Wildman–Crippen MR) is 89.6 cm³/mol. The molecule has 3 nitrogen and oxygen atoms in total. The first-order valence-corrected chi connectivity index (χ1v) is 7.53. The molecule has 2 aromatic rings. The molecule has 0 saturated carbocycles. The van der Waals surface area contributed by atoms with Gasteiger partial charge in [-0.05, 0) is 43.7 Å². The summed E-state index contributed by atoms with van der Waals surface area (Å²) in [5, 5.41) is 3.37. The molecule has 0 aliphatic heterocycles. The Kier molecular flexibility index (Phi) is 5.34. The maximum Gasteiger partial charge on any atom is 0.129 e. The van der Waals surface area contributed by atoms with E-state index < -0.39 is 0 Å². The highest BCUT2D eigenvalue weighted by atomic mass is 15.2. The highest BCUT2D eigenvalue weighted by Crippen LogP contribution is 2.16. The molecule has 0 aliphatic carbocycles. The first-order valence-electron chi connectivity index (χ1n) is 7.53. The summed E-state index contributed by atoms with van der Waals surface area (Å²) < 4.78 is 0. The Morgan fingerprint density at radius 3 is 2.43 bits per heavy atom. The minimum Gasteiger partial charge on any atom is -0.355 e. The fourth-order valence-corrected chi connectivity index (χ4v) is 2.34. The lowest BCUT2D eigenvalue weighted by Crippen LogP contribution is -2.19. The molecular weight excluding hydrogens is 258 g/mol. The van der Waals surface area contributed by atoms with Crippen LogP contribution >= 0.6 is 0 Å². The van der Waals surface area contributed by atoms with Crippen molar-refractivity contribution in [3.63, 3.8) is 0 Å². The topological polar surface area (TPSA) is 28.2 Å². The van der Waals surface area contributed by atoms with E-state index in [2.05, 4.69) is 79.4 Å². The number of aryl methyl sites for hydroxylation is 2. The summed E-state index contributed by atoms with van der Waals surface area (Å²) in [6, 6.07) is 13.0.